The minimum absolute atomic E-state index is 0.0970. The van der Waals surface area contributed by atoms with E-state index in [2.05, 4.69) is 27.8 Å². The average molecular weight is 401 g/mol. The van der Waals surface area contributed by atoms with Crippen molar-refractivity contribution in [1.29, 1.82) is 0 Å². The van der Waals surface area contributed by atoms with Crippen LogP contribution in [0.3, 0.4) is 0 Å². The molecule has 3 aromatic rings. The van der Waals surface area contributed by atoms with Crippen molar-refractivity contribution >= 4 is 23.2 Å². The Labute approximate surface area is 174 Å². The van der Waals surface area contributed by atoms with Gasteiger partial charge in [0.2, 0.25) is 0 Å². The van der Waals surface area contributed by atoms with E-state index in [-0.39, 0.29) is 5.91 Å². The highest BCUT2D eigenvalue weighted by molar-refractivity contribution is 6.09. The van der Waals surface area contributed by atoms with Gasteiger partial charge in [0.15, 0.2) is 11.6 Å². The van der Waals surface area contributed by atoms with Gasteiger partial charge in [0.05, 0.1) is 25.0 Å². The summed E-state index contributed by atoms with van der Waals surface area (Å²) >= 11 is 0. The molecule has 2 aliphatic rings. The molecule has 1 spiro atoms. The Balaban J connectivity index is 1.48. The maximum absolute atomic E-state index is 13.0. The monoisotopic (exact) mass is 401 g/mol. The molecule has 2 aromatic heterocycles. The lowest BCUT2D eigenvalue weighted by molar-refractivity contribution is 0.0662. The van der Waals surface area contributed by atoms with Gasteiger partial charge in [0.25, 0.3) is 5.91 Å². The van der Waals surface area contributed by atoms with Crippen LogP contribution in [0, 0.1) is 0 Å². The van der Waals surface area contributed by atoms with Gasteiger partial charge >= 0.3 is 0 Å². The van der Waals surface area contributed by atoms with Crippen molar-refractivity contribution < 1.29 is 9.21 Å². The summed E-state index contributed by atoms with van der Waals surface area (Å²) in [5.41, 5.74) is 1.56. The van der Waals surface area contributed by atoms with Gasteiger partial charge in [-0.15, -0.1) is 0 Å². The molecule has 4 heterocycles. The molecular weight excluding hydrogens is 378 g/mol. The van der Waals surface area contributed by atoms with E-state index in [4.69, 9.17) is 9.41 Å². The number of carbonyl (C=O) groups is 1. The van der Waals surface area contributed by atoms with Crippen molar-refractivity contribution in [1.82, 2.24) is 9.88 Å². The summed E-state index contributed by atoms with van der Waals surface area (Å²) in [4.78, 5) is 24.2. The minimum Gasteiger partial charge on any atom is -0.459 e. The summed E-state index contributed by atoms with van der Waals surface area (Å²) in [6.07, 6.45) is 5.01. The Morgan fingerprint density at radius 1 is 1.17 bits per heavy atom. The number of hydrogen-bond donors (Lipinski definition) is 2. The lowest BCUT2D eigenvalue weighted by Crippen LogP contribution is -2.62. The summed E-state index contributed by atoms with van der Waals surface area (Å²) in [7, 11) is 0. The van der Waals surface area contributed by atoms with Crippen LogP contribution < -0.4 is 10.6 Å². The summed E-state index contributed by atoms with van der Waals surface area (Å²) in [6, 6.07) is 17.5. The molecule has 1 aromatic carbocycles. The number of aromatic nitrogens is 1. The van der Waals surface area contributed by atoms with Crippen molar-refractivity contribution in [3.8, 4) is 0 Å². The molecule has 30 heavy (non-hydrogen) atoms. The summed E-state index contributed by atoms with van der Waals surface area (Å²) in [5.74, 6) is 1.83. The van der Waals surface area contributed by atoms with E-state index in [1.807, 2.05) is 35.2 Å². The van der Waals surface area contributed by atoms with E-state index in [0.717, 1.165) is 35.7 Å². The van der Waals surface area contributed by atoms with Gasteiger partial charge in [-0.05, 0) is 42.7 Å². The van der Waals surface area contributed by atoms with Gasteiger partial charge < -0.3 is 20.0 Å². The van der Waals surface area contributed by atoms with E-state index in [1.54, 1.807) is 18.3 Å². The second-order valence-corrected chi connectivity index (χ2v) is 7.69. The third-order valence-electron chi connectivity index (χ3n) is 5.65. The number of benzene rings is 1. The fraction of sp³-hybridized carbons (Fsp3) is 0.261. The average Bonchev–Trinajstić information content (AvgIpc) is 3.33. The number of aliphatic imine (C=N–C) groups is 1. The highest BCUT2D eigenvalue weighted by Gasteiger charge is 2.45. The Morgan fingerprint density at radius 3 is 2.90 bits per heavy atom. The number of fused-ring (bicyclic) bond motifs is 1. The van der Waals surface area contributed by atoms with Crippen molar-refractivity contribution in [2.45, 2.75) is 24.9 Å². The van der Waals surface area contributed by atoms with E-state index in [0.29, 0.717) is 25.4 Å². The largest absolute Gasteiger partial charge is 0.459 e. The quantitative estimate of drug-likeness (QED) is 0.698. The van der Waals surface area contributed by atoms with Gasteiger partial charge in [-0.25, -0.2) is 4.98 Å². The molecule has 1 amide bonds. The van der Waals surface area contributed by atoms with Gasteiger partial charge in [-0.2, -0.15) is 0 Å². The van der Waals surface area contributed by atoms with Gasteiger partial charge in [-0.3, -0.25) is 9.79 Å². The molecule has 0 bridgehead atoms. The first-order valence-corrected chi connectivity index (χ1v) is 10.2. The Kier molecular flexibility index (Phi) is 4.71. The molecule has 2 aliphatic heterocycles. The molecule has 1 atom stereocenters. The van der Waals surface area contributed by atoms with Gasteiger partial charge in [0, 0.05) is 12.7 Å². The Morgan fingerprint density at radius 2 is 2.07 bits per heavy atom. The second-order valence-electron chi connectivity index (χ2n) is 7.69. The first-order chi connectivity index (χ1) is 14.7. The van der Waals surface area contributed by atoms with E-state index < -0.39 is 5.54 Å². The molecule has 0 saturated carbocycles. The second kappa shape index (κ2) is 7.67. The smallest absolute Gasteiger partial charge is 0.289 e. The zero-order valence-electron chi connectivity index (χ0n) is 16.5. The number of amidine groups is 1. The molecular formula is C23H23N5O2. The predicted molar refractivity (Wildman–Crippen MR) is 116 cm³/mol. The van der Waals surface area contributed by atoms with Crippen molar-refractivity contribution in [2.75, 3.05) is 23.7 Å². The van der Waals surface area contributed by atoms with Crippen molar-refractivity contribution in [3.05, 3.63) is 78.4 Å². The van der Waals surface area contributed by atoms with Crippen LogP contribution in [0.4, 0.5) is 11.5 Å². The van der Waals surface area contributed by atoms with Crippen LogP contribution in [-0.4, -0.2) is 40.3 Å². The Bertz CT molecular complexity index is 1060. The third kappa shape index (κ3) is 3.43. The number of amides is 1. The molecule has 0 unspecified atom stereocenters. The summed E-state index contributed by atoms with van der Waals surface area (Å²) < 4.78 is 5.35. The normalized spacial score (nSPS) is 21.7. The molecule has 1 saturated heterocycles. The Hall–Kier alpha value is -3.61. The summed E-state index contributed by atoms with van der Waals surface area (Å²) in [6.45, 7) is 1.75. The van der Waals surface area contributed by atoms with Crippen molar-refractivity contribution in [2.24, 2.45) is 4.99 Å². The number of carbonyl (C=O) groups excluding carboxylic acids is 1. The zero-order chi connectivity index (χ0) is 20.4. The van der Waals surface area contributed by atoms with E-state index >= 15 is 0 Å². The first kappa shape index (κ1) is 18.4. The number of hydrogen-bond acceptors (Lipinski definition) is 5. The van der Waals surface area contributed by atoms with Crippen LogP contribution in [0.25, 0.3) is 0 Å². The molecule has 1 fully saturated rings. The fourth-order valence-corrected chi connectivity index (χ4v) is 4.18. The van der Waals surface area contributed by atoms with Crippen molar-refractivity contribution in [3.63, 3.8) is 0 Å². The molecule has 152 valence electrons. The molecule has 7 heteroatoms. The fourth-order valence-electron chi connectivity index (χ4n) is 4.18. The number of pyridine rings is 1. The number of anilines is 2. The van der Waals surface area contributed by atoms with Crippen LogP contribution in [-0.2, 0) is 6.54 Å². The molecule has 0 aliphatic carbocycles. The number of furan rings is 1. The lowest BCUT2D eigenvalue weighted by Gasteiger charge is -2.46. The summed E-state index contributed by atoms with van der Waals surface area (Å²) in [5, 5.41) is 7.09. The molecule has 5 rings (SSSR count). The maximum atomic E-state index is 13.0. The third-order valence-corrected chi connectivity index (χ3v) is 5.65. The SMILES string of the molecule is O=C(c1ccco1)N1CCC[C@]2(C1)Nc1cccnc1NC2=NCc1ccccc1. The highest BCUT2D eigenvalue weighted by atomic mass is 16.3. The molecule has 2 N–H and O–H groups in total. The van der Waals surface area contributed by atoms with Crippen LogP contribution in [0.5, 0.6) is 0 Å². The van der Waals surface area contributed by atoms with Crippen LogP contribution in [0.1, 0.15) is 29.0 Å². The van der Waals surface area contributed by atoms with Crippen LogP contribution in [0.15, 0.2) is 76.5 Å². The number of nitrogens with zero attached hydrogens (tertiary/aromatic N) is 3. The standard InChI is InChI=1S/C23H23N5O2/c29-21(19-10-5-14-30-19)28-13-6-11-23(16-28)22(25-15-17-7-2-1-3-8-17)26-20-18(27-23)9-4-12-24-20/h1-5,7-10,12,14,27H,6,11,13,15-16H2,(H,24,25,26)/t23-/m1/s1. The van der Waals surface area contributed by atoms with E-state index in [9.17, 15) is 4.79 Å². The zero-order valence-corrected chi connectivity index (χ0v) is 16.5. The molecule has 7 nitrogen and oxygen atoms in total. The lowest BCUT2D eigenvalue weighted by atomic mass is 9.85. The number of nitrogens with one attached hydrogen (secondary N) is 2. The van der Waals surface area contributed by atoms with Crippen LogP contribution >= 0.6 is 0 Å². The molecule has 0 radical (unpaired) electrons. The maximum Gasteiger partial charge on any atom is 0.289 e. The number of piperidine rings is 1. The minimum atomic E-state index is -0.495. The number of rotatable bonds is 3. The van der Waals surface area contributed by atoms with Gasteiger partial charge in [0.1, 0.15) is 11.4 Å². The van der Waals surface area contributed by atoms with Gasteiger partial charge in [-0.1, -0.05) is 30.3 Å². The van der Waals surface area contributed by atoms with E-state index in [1.165, 1.54) is 6.26 Å². The first-order valence-electron chi connectivity index (χ1n) is 10.2. The topological polar surface area (TPSA) is 82.8 Å². The van der Waals surface area contributed by atoms with Crippen LogP contribution in [0.2, 0.25) is 0 Å². The predicted octanol–water partition coefficient (Wildman–Crippen LogP) is 3.79. The number of likely N-dealkylation sites (tertiary alicyclic amines) is 1. The highest BCUT2D eigenvalue weighted by Crippen LogP contribution is 2.35.